The van der Waals surface area contributed by atoms with Crippen LogP contribution in [0.1, 0.15) is 27.4 Å². The van der Waals surface area contributed by atoms with Crippen molar-refractivity contribution in [2.45, 2.75) is 36.8 Å². The second-order valence-corrected chi connectivity index (χ2v) is 7.36. The molecule has 1 saturated carbocycles. The lowest BCUT2D eigenvalue weighted by Crippen LogP contribution is -2.47. The maximum absolute atomic E-state index is 12.0. The molecular weight excluding hydrogens is 288 g/mol. The third kappa shape index (κ3) is 3.14. The van der Waals surface area contributed by atoms with E-state index in [0.717, 1.165) is 24.2 Å². The molecule has 1 aliphatic carbocycles. The number of hydrogen-bond donors (Lipinski definition) is 2. The fraction of sp³-hybridized carbons (Fsp3) is 0.545. The fourth-order valence-corrected chi connectivity index (χ4v) is 4.04. The Morgan fingerprint density at radius 3 is 2.63 bits per heavy atom. The van der Waals surface area contributed by atoms with Crippen molar-refractivity contribution >= 4 is 27.3 Å². The largest absolute Gasteiger partial charge is 0.381 e. The minimum atomic E-state index is -3.77. The second-order valence-electron chi connectivity index (χ2n) is 4.58. The van der Waals surface area contributed by atoms with Crippen LogP contribution in [0.5, 0.6) is 0 Å². The minimum Gasteiger partial charge on any atom is -0.381 e. The molecule has 0 unspecified atom stereocenters. The van der Waals surface area contributed by atoms with Gasteiger partial charge in [0.25, 0.3) is 5.91 Å². The van der Waals surface area contributed by atoms with Crippen LogP contribution >= 0.6 is 11.3 Å². The number of sulfonamides is 1. The van der Waals surface area contributed by atoms with E-state index in [1.807, 2.05) is 0 Å². The van der Waals surface area contributed by atoms with E-state index in [4.69, 9.17) is 9.88 Å². The Labute approximate surface area is 116 Å². The number of ether oxygens (including phenoxy) is 1. The normalized spacial score (nSPS) is 22.9. The van der Waals surface area contributed by atoms with Crippen molar-refractivity contribution in [1.29, 1.82) is 0 Å². The molecule has 106 valence electrons. The molecule has 1 aromatic heterocycles. The summed E-state index contributed by atoms with van der Waals surface area (Å²) in [6, 6.07) is 1.43. The van der Waals surface area contributed by atoms with Gasteiger partial charge in [-0.15, -0.1) is 11.3 Å². The van der Waals surface area contributed by atoms with Crippen LogP contribution in [-0.2, 0) is 14.8 Å². The Balaban J connectivity index is 2.05. The summed E-state index contributed by atoms with van der Waals surface area (Å²) in [5.41, 5.74) is 0. The van der Waals surface area contributed by atoms with Gasteiger partial charge in [-0.05, 0) is 25.8 Å². The topological polar surface area (TPSA) is 98.5 Å². The van der Waals surface area contributed by atoms with Crippen LogP contribution in [0.2, 0.25) is 0 Å². The molecule has 1 amide bonds. The molecule has 6 nitrogen and oxygen atoms in total. The van der Waals surface area contributed by atoms with Crippen LogP contribution in [0.25, 0.3) is 0 Å². The Kier molecular flexibility index (Phi) is 3.95. The van der Waals surface area contributed by atoms with Crippen LogP contribution in [0.15, 0.2) is 11.0 Å². The van der Waals surface area contributed by atoms with Gasteiger partial charge in [-0.2, -0.15) is 0 Å². The summed E-state index contributed by atoms with van der Waals surface area (Å²) in [4.78, 5) is 12.9. The van der Waals surface area contributed by atoms with E-state index in [2.05, 4.69) is 5.32 Å². The molecule has 0 bridgehead atoms. The third-order valence-corrected chi connectivity index (χ3v) is 5.38. The van der Waals surface area contributed by atoms with Gasteiger partial charge in [-0.1, -0.05) is 0 Å². The number of hydrogen-bond acceptors (Lipinski definition) is 5. The van der Waals surface area contributed by atoms with E-state index in [9.17, 15) is 13.2 Å². The van der Waals surface area contributed by atoms with E-state index >= 15 is 0 Å². The summed E-state index contributed by atoms with van der Waals surface area (Å²) in [6.07, 6.45) is 1.78. The maximum atomic E-state index is 12.0. The fourth-order valence-electron chi connectivity index (χ4n) is 1.99. The van der Waals surface area contributed by atoms with Gasteiger partial charge >= 0.3 is 0 Å². The highest BCUT2D eigenvalue weighted by Crippen LogP contribution is 2.27. The van der Waals surface area contributed by atoms with Gasteiger partial charge in [0.2, 0.25) is 10.0 Å². The summed E-state index contributed by atoms with van der Waals surface area (Å²) in [5, 5.41) is 7.92. The summed E-state index contributed by atoms with van der Waals surface area (Å²) in [5.74, 6) is -0.262. The summed E-state index contributed by atoms with van der Waals surface area (Å²) in [6.45, 7) is 1.63. The minimum absolute atomic E-state index is 0.0195. The van der Waals surface area contributed by atoms with Crippen molar-refractivity contribution in [2.75, 3.05) is 7.11 Å². The lowest BCUT2D eigenvalue weighted by Gasteiger charge is -2.34. The van der Waals surface area contributed by atoms with Gasteiger partial charge < -0.3 is 10.1 Å². The average molecular weight is 304 g/mol. The first-order valence-corrected chi connectivity index (χ1v) is 8.14. The number of nitrogens with one attached hydrogen (secondary N) is 1. The first kappa shape index (κ1) is 14.4. The number of methoxy groups -OCH3 is 1. The number of aryl methyl sites for hydroxylation is 1. The number of primary sulfonamides is 1. The van der Waals surface area contributed by atoms with Crippen molar-refractivity contribution in [1.82, 2.24) is 5.32 Å². The van der Waals surface area contributed by atoms with E-state index in [0.29, 0.717) is 9.75 Å². The molecule has 8 heteroatoms. The Morgan fingerprint density at radius 1 is 1.53 bits per heavy atom. The third-order valence-electron chi connectivity index (χ3n) is 3.17. The van der Waals surface area contributed by atoms with Crippen LogP contribution in [-0.4, -0.2) is 33.6 Å². The molecule has 0 aliphatic heterocycles. The van der Waals surface area contributed by atoms with Crippen LogP contribution in [0.4, 0.5) is 0 Å². The van der Waals surface area contributed by atoms with E-state index < -0.39 is 10.0 Å². The SMILES string of the molecule is COC1CC(NC(=O)c2cc(S(N)(=O)=O)c(C)s2)C1. The standard InChI is InChI=1S/C11H16N2O4S2/c1-6-10(19(12,15)16)5-9(18-6)11(14)13-7-3-8(4-7)17-2/h5,7-8H,3-4H2,1-2H3,(H,13,14)(H2,12,15,16). The first-order valence-electron chi connectivity index (χ1n) is 5.78. The zero-order valence-corrected chi connectivity index (χ0v) is 12.3. The lowest BCUT2D eigenvalue weighted by molar-refractivity contribution is 0.0177. The second kappa shape index (κ2) is 5.20. The predicted octanol–water partition coefficient (Wildman–Crippen LogP) is 0.611. The molecule has 0 spiro atoms. The predicted molar refractivity (Wildman–Crippen MR) is 71.7 cm³/mol. The molecular formula is C11H16N2O4S2. The number of rotatable bonds is 4. The number of amides is 1. The van der Waals surface area contributed by atoms with E-state index in [1.54, 1.807) is 14.0 Å². The maximum Gasteiger partial charge on any atom is 0.261 e. The van der Waals surface area contributed by atoms with Crippen molar-refractivity contribution in [3.05, 3.63) is 15.8 Å². The molecule has 3 N–H and O–H groups in total. The molecule has 0 saturated heterocycles. The van der Waals surface area contributed by atoms with Crippen molar-refractivity contribution < 1.29 is 17.9 Å². The number of carbonyl (C=O) groups excluding carboxylic acids is 1. The molecule has 0 atom stereocenters. The molecule has 1 aliphatic rings. The molecule has 0 radical (unpaired) electrons. The van der Waals surface area contributed by atoms with Gasteiger partial charge in [0.1, 0.15) is 0 Å². The Hall–Kier alpha value is -0.960. The van der Waals surface area contributed by atoms with Crippen molar-refractivity contribution in [3.8, 4) is 0 Å². The zero-order valence-electron chi connectivity index (χ0n) is 10.7. The quantitative estimate of drug-likeness (QED) is 0.851. The van der Waals surface area contributed by atoms with Gasteiger partial charge in [0, 0.05) is 18.0 Å². The lowest BCUT2D eigenvalue weighted by atomic mass is 9.89. The van der Waals surface area contributed by atoms with Gasteiger partial charge in [0.15, 0.2) is 0 Å². The molecule has 0 aromatic carbocycles. The van der Waals surface area contributed by atoms with Gasteiger partial charge in [-0.3, -0.25) is 4.79 Å². The molecule has 2 rings (SSSR count). The van der Waals surface area contributed by atoms with Crippen LogP contribution < -0.4 is 10.5 Å². The zero-order chi connectivity index (χ0) is 14.2. The van der Waals surface area contributed by atoms with Crippen molar-refractivity contribution in [3.63, 3.8) is 0 Å². The molecule has 1 heterocycles. The monoisotopic (exact) mass is 304 g/mol. The van der Waals surface area contributed by atoms with Crippen LogP contribution in [0.3, 0.4) is 0 Å². The number of thiophene rings is 1. The van der Waals surface area contributed by atoms with E-state index in [1.165, 1.54) is 6.07 Å². The summed E-state index contributed by atoms with van der Waals surface area (Å²) in [7, 11) is -2.13. The summed E-state index contributed by atoms with van der Waals surface area (Å²) < 4.78 is 27.7. The highest BCUT2D eigenvalue weighted by atomic mass is 32.2. The molecule has 1 aromatic rings. The first-order chi connectivity index (χ1) is 8.81. The number of nitrogens with two attached hydrogens (primary N) is 1. The number of carbonyl (C=O) groups is 1. The van der Waals surface area contributed by atoms with Gasteiger partial charge in [-0.25, -0.2) is 13.6 Å². The van der Waals surface area contributed by atoms with E-state index in [-0.39, 0.29) is 22.9 Å². The van der Waals surface area contributed by atoms with Crippen LogP contribution in [0, 0.1) is 6.92 Å². The Bertz CT molecular complexity index is 588. The average Bonchev–Trinajstić information content (AvgIpc) is 2.64. The summed E-state index contributed by atoms with van der Waals surface area (Å²) >= 11 is 1.13. The van der Waals surface area contributed by atoms with Gasteiger partial charge in [0.05, 0.1) is 15.9 Å². The Morgan fingerprint density at radius 2 is 2.16 bits per heavy atom. The molecule has 1 fully saturated rings. The molecule has 19 heavy (non-hydrogen) atoms. The highest BCUT2D eigenvalue weighted by Gasteiger charge is 2.31. The van der Waals surface area contributed by atoms with Crippen molar-refractivity contribution in [2.24, 2.45) is 5.14 Å². The smallest absolute Gasteiger partial charge is 0.261 e. The highest BCUT2D eigenvalue weighted by molar-refractivity contribution is 7.89.